The molecule has 0 aromatic heterocycles. The Balaban J connectivity index is 1.61. The molecule has 1 aromatic carbocycles. The number of hydrogen-bond donors (Lipinski definition) is 0. The maximum Gasteiger partial charge on any atom is 0.233 e. The Morgan fingerprint density at radius 1 is 1.14 bits per heavy atom. The van der Waals surface area contributed by atoms with Crippen molar-refractivity contribution in [3.63, 3.8) is 0 Å². The Morgan fingerprint density at radius 3 is 2.59 bits per heavy atom. The van der Waals surface area contributed by atoms with Crippen LogP contribution < -0.4 is 0 Å². The summed E-state index contributed by atoms with van der Waals surface area (Å²) in [6, 6.07) is 10.6. The van der Waals surface area contributed by atoms with E-state index >= 15 is 0 Å². The highest BCUT2D eigenvalue weighted by molar-refractivity contribution is 8.01. The highest BCUT2D eigenvalue weighted by Gasteiger charge is 2.35. The Labute approximate surface area is 138 Å². The molecule has 0 aliphatic carbocycles. The van der Waals surface area contributed by atoms with Gasteiger partial charge in [0.1, 0.15) is 0 Å². The van der Waals surface area contributed by atoms with Gasteiger partial charge in [-0.1, -0.05) is 43.7 Å². The van der Waals surface area contributed by atoms with Gasteiger partial charge >= 0.3 is 0 Å². The number of likely N-dealkylation sites (tertiary alicyclic amines) is 1. The van der Waals surface area contributed by atoms with Crippen LogP contribution in [0.3, 0.4) is 0 Å². The van der Waals surface area contributed by atoms with Gasteiger partial charge in [-0.2, -0.15) is 0 Å². The predicted octanol–water partition coefficient (Wildman–Crippen LogP) is 3.18. The van der Waals surface area contributed by atoms with Crippen molar-refractivity contribution in [2.45, 2.75) is 37.5 Å². The molecule has 4 heteroatoms. The molecule has 1 amide bonds. The average Bonchev–Trinajstić information content (AvgIpc) is 2.95. The molecule has 0 bridgehead atoms. The fourth-order valence-corrected chi connectivity index (χ4v) is 4.82. The van der Waals surface area contributed by atoms with Crippen molar-refractivity contribution >= 4 is 17.7 Å². The SMILES string of the molecule is CC(c1ccccc1)C1SCC(=O)N1CCN1CCCCC1. The van der Waals surface area contributed by atoms with E-state index < -0.39 is 0 Å². The lowest BCUT2D eigenvalue weighted by Gasteiger charge is -2.32. The molecule has 1 aromatic rings. The number of hydrogen-bond acceptors (Lipinski definition) is 3. The smallest absolute Gasteiger partial charge is 0.233 e. The Bertz CT molecular complexity index is 487. The first-order chi connectivity index (χ1) is 10.8. The minimum absolute atomic E-state index is 0.291. The molecule has 2 atom stereocenters. The van der Waals surface area contributed by atoms with Crippen LogP contribution in [0.2, 0.25) is 0 Å². The summed E-state index contributed by atoms with van der Waals surface area (Å²) in [5.74, 6) is 1.34. The normalized spacial score (nSPS) is 24.7. The van der Waals surface area contributed by atoms with Crippen LogP contribution in [0.4, 0.5) is 0 Å². The lowest BCUT2D eigenvalue weighted by molar-refractivity contribution is -0.128. The van der Waals surface area contributed by atoms with E-state index in [9.17, 15) is 4.79 Å². The zero-order chi connectivity index (χ0) is 15.4. The quantitative estimate of drug-likeness (QED) is 0.833. The number of carbonyl (C=O) groups excluding carboxylic acids is 1. The van der Waals surface area contributed by atoms with Crippen LogP contribution in [-0.2, 0) is 4.79 Å². The van der Waals surface area contributed by atoms with Crippen molar-refractivity contribution in [1.29, 1.82) is 0 Å². The number of amides is 1. The summed E-state index contributed by atoms with van der Waals surface area (Å²) < 4.78 is 0. The van der Waals surface area contributed by atoms with E-state index in [1.807, 2.05) is 0 Å². The van der Waals surface area contributed by atoms with Gasteiger partial charge in [0.15, 0.2) is 0 Å². The molecule has 0 N–H and O–H groups in total. The maximum atomic E-state index is 12.3. The number of benzene rings is 1. The molecular weight excluding hydrogens is 292 g/mol. The lowest BCUT2D eigenvalue weighted by Crippen LogP contribution is -2.42. The first-order valence-corrected chi connectivity index (χ1v) is 9.49. The van der Waals surface area contributed by atoms with Crippen LogP contribution in [0.15, 0.2) is 30.3 Å². The highest BCUT2D eigenvalue weighted by Crippen LogP contribution is 2.35. The van der Waals surface area contributed by atoms with E-state index in [-0.39, 0.29) is 0 Å². The van der Waals surface area contributed by atoms with Crippen LogP contribution in [0.1, 0.15) is 37.7 Å². The van der Waals surface area contributed by atoms with Gasteiger partial charge < -0.3 is 9.80 Å². The van der Waals surface area contributed by atoms with Crippen molar-refractivity contribution < 1.29 is 4.79 Å². The van der Waals surface area contributed by atoms with Gasteiger partial charge in [-0.25, -0.2) is 0 Å². The number of piperidine rings is 1. The number of rotatable bonds is 5. The third kappa shape index (κ3) is 3.66. The summed E-state index contributed by atoms with van der Waals surface area (Å²) in [4.78, 5) is 16.9. The number of thioether (sulfide) groups is 1. The summed E-state index contributed by atoms with van der Waals surface area (Å²) >= 11 is 1.81. The zero-order valence-electron chi connectivity index (χ0n) is 13.4. The van der Waals surface area contributed by atoms with Gasteiger partial charge in [0.05, 0.1) is 11.1 Å². The Morgan fingerprint density at radius 2 is 1.86 bits per heavy atom. The molecule has 22 heavy (non-hydrogen) atoms. The first kappa shape index (κ1) is 15.9. The second-order valence-electron chi connectivity index (χ2n) is 6.39. The van der Waals surface area contributed by atoms with Crippen LogP contribution in [0.25, 0.3) is 0 Å². The standard InChI is InChI=1S/C18H26N2OS/c1-15(16-8-4-2-5-9-16)18-20(17(21)14-22-18)13-12-19-10-6-3-7-11-19/h2,4-5,8-9,15,18H,3,6-7,10-14H2,1H3. The van der Waals surface area contributed by atoms with Gasteiger partial charge in [0, 0.05) is 19.0 Å². The topological polar surface area (TPSA) is 23.6 Å². The summed E-state index contributed by atoms with van der Waals surface area (Å²) in [6.07, 6.45) is 3.99. The molecule has 2 saturated heterocycles. The van der Waals surface area contributed by atoms with E-state index in [0.29, 0.717) is 23.0 Å². The van der Waals surface area contributed by atoms with Crippen LogP contribution in [0.5, 0.6) is 0 Å². The third-order valence-corrected chi connectivity index (χ3v) is 6.28. The lowest BCUT2D eigenvalue weighted by atomic mass is 10.0. The molecule has 0 saturated carbocycles. The maximum absolute atomic E-state index is 12.3. The van der Waals surface area contributed by atoms with Crippen LogP contribution >= 0.6 is 11.8 Å². The fraction of sp³-hybridized carbons (Fsp3) is 0.611. The largest absolute Gasteiger partial charge is 0.328 e. The van der Waals surface area contributed by atoms with E-state index in [2.05, 4.69) is 47.1 Å². The molecule has 120 valence electrons. The zero-order valence-corrected chi connectivity index (χ0v) is 14.2. The monoisotopic (exact) mass is 318 g/mol. The van der Waals surface area contributed by atoms with Crippen molar-refractivity contribution in [3.8, 4) is 0 Å². The highest BCUT2D eigenvalue weighted by atomic mass is 32.2. The average molecular weight is 318 g/mol. The van der Waals surface area contributed by atoms with Crippen molar-refractivity contribution in [3.05, 3.63) is 35.9 Å². The summed E-state index contributed by atoms with van der Waals surface area (Å²) in [5.41, 5.74) is 1.33. The van der Waals surface area contributed by atoms with Crippen LogP contribution in [0, 0.1) is 0 Å². The summed E-state index contributed by atoms with van der Waals surface area (Å²) in [7, 11) is 0. The van der Waals surface area contributed by atoms with Gasteiger partial charge in [0.25, 0.3) is 0 Å². The molecule has 0 radical (unpaired) electrons. The van der Waals surface area contributed by atoms with Crippen molar-refractivity contribution in [2.75, 3.05) is 31.9 Å². The minimum atomic E-state index is 0.291. The molecular formula is C18H26N2OS. The summed E-state index contributed by atoms with van der Waals surface area (Å²) in [5, 5.41) is 0.291. The predicted molar refractivity (Wildman–Crippen MR) is 93.1 cm³/mol. The molecule has 2 fully saturated rings. The minimum Gasteiger partial charge on any atom is -0.328 e. The van der Waals surface area contributed by atoms with Gasteiger partial charge in [0.2, 0.25) is 5.91 Å². The van der Waals surface area contributed by atoms with Gasteiger partial charge in [-0.3, -0.25) is 4.79 Å². The summed E-state index contributed by atoms with van der Waals surface area (Å²) in [6.45, 7) is 6.57. The number of nitrogens with zero attached hydrogens (tertiary/aromatic N) is 2. The van der Waals surface area contributed by atoms with Crippen molar-refractivity contribution in [2.24, 2.45) is 0 Å². The third-order valence-electron chi connectivity index (χ3n) is 4.86. The molecule has 2 aliphatic rings. The Hall–Kier alpha value is -1.00. The van der Waals surface area contributed by atoms with Crippen LogP contribution in [-0.4, -0.2) is 53.0 Å². The fourth-order valence-electron chi connectivity index (χ4n) is 3.49. The molecule has 0 spiro atoms. The van der Waals surface area contributed by atoms with E-state index in [0.717, 1.165) is 13.1 Å². The van der Waals surface area contributed by atoms with E-state index in [1.54, 1.807) is 11.8 Å². The molecule has 3 nitrogen and oxygen atoms in total. The van der Waals surface area contributed by atoms with Crippen molar-refractivity contribution in [1.82, 2.24) is 9.80 Å². The molecule has 2 aliphatic heterocycles. The molecule has 2 unspecified atom stereocenters. The van der Waals surface area contributed by atoms with E-state index in [1.165, 1.54) is 37.9 Å². The second-order valence-corrected chi connectivity index (χ2v) is 7.50. The second kappa shape index (κ2) is 7.51. The van der Waals surface area contributed by atoms with Gasteiger partial charge in [-0.15, -0.1) is 11.8 Å². The van der Waals surface area contributed by atoms with Gasteiger partial charge in [-0.05, 0) is 31.5 Å². The Kier molecular flexibility index (Phi) is 5.42. The molecule has 3 rings (SSSR count). The van der Waals surface area contributed by atoms with E-state index in [4.69, 9.17) is 0 Å². The molecule has 2 heterocycles. The first-order valence-electron chi connectivity index (χ1n) is 8.44. The number of carbonyl (C=O) groups is 1.